The number of aromatic nitrogens is 2. The number of fused-ring (bicyclic) bond motifs is 1. The summed E-state index contributed by atoms with van der Waals surface area (Å²) in [5.74, 6) is -0.00615. The molecule has 0 saturated heterocycles. The number of nitrogens with one attached hydrogen (secondary N) is 1. The molecule has 1 N–H and O–H groups in total. The molecule has 1 aromatic carbocycles. The predicted molar refractivity (Wildman–Crippen MR) is 94.9 cm³/mol. The fourth-order valence-electron chi connectivity index (χ4n) is 3.64. The van der Waals surface area contributed by atoms with Crippen LogP contribution in [0, 0.1) is 0 Å². The fourth-order valence-corrected chi connectivity index (χ4v) is 3.64. The molecule has 1 aromatic heterocycles. The second-order valence-electron chi connectivity index (χ2n) is 6.73. The third-order valence-corrected chi connectivity index (χ3v) is 4.97. The van der Waals surface area contributed by atoms with Crippen LogP contribution in [0.5, 0.6) is 0 Å². The van der Waals surface area contributed by atoms with Crippen molar-refractivity contribution >= 4 is 5.91 Å². The van der Waals surface area contributed by atoms with Gasteiger partial charge in [-0.3, -0.25) is 9.48 Å². The van der Waals surface area contributed by atoms with E-state index in [1.165, 1.54) is 11.3 Å². The number of ether oxygens (including phenoxy) is 1. The summed E-state index contributed by atoms with van der Waals surface area (Å²) in [5, 5.41) is 7.77. The summed E-state index contributed by atoms with van der Waals surface area (Å²) >= 11 is 0. The van der Waals surface area contributed by atoms with E-state index in [1.807, 2.05) is 24.4 Å². The molecule has 1 amide bonds. The average Bonchev–Trinajstić information content (AvgIpc) is 3.07. The van der Waals surface area contributed by atoms with Gasteiger partial charge >= 0.3 is 0 Å². The van der Waals surface area contributed by atoms with Crippen molar-refractivity contribution in [3.63, 3.8) is 0 Å². The fraction of sp³-hybridized carbons (Fsp3) is 0.400. The van der Waals surface area contributed by atoms with Crippen molar-refractivity contribution in [1.82, 2.24) is 15.1 Å². The minimum Gasteiger partial charge on any atom is -0.501 e. The molecule has 25 heavy (non-hydrogen) atoms. The summed E-state index contributed by atoms with van der Waals surface area (Å²) in [6.45, 7) is 1.48. The first-order valence-corrected chi connectivity index (χ1v) is 9.01. The Morgan fingerprint density at radius 2 is 2.12 bits per heavy atom. The second kappa shape index (κ2) is 7.13. The van der Waals surface area contributed by atoms with Crippen molar-refractivity contribution in [3.8, 4) is 0 Å². The Morgan fingerprint density at radius 1 is 1.24 bits per heavy atom. The van der Waals surface area contributed by atoms with Crippen molar-refractivity contribution in [2.24, 2.45) is 0 Å². The molecule has 130 valence electrons. The molecule has 1 atom stereocenters. The Kier molecular flexibility index (Phi) is 4.55. The second-order valence-corrected chi connectivity index (χ2v) is 6.73. The molecule has 5 heteroatoms. The molecule has 4 rings (SSSR count). The van der Waals surface area contributed by atoms with E-state index in [1.54, 1.807) is 6.26 Å². The number of benzene rings is 1. The van der Waals surface area contributed by atoms with Gasteiger partial charge in [0.05, 0.1) is 37.2 Å². The first-order chi connectivity index (χ1) is 12.3. The van der Waals surface area contributed by atoms with Crippen LogP contribution in [0.2, 0.25) is 0 Å². The van der Waals surface area contributed by atoms with E-state index in [9.17, 15) is 4.79 Å². The van der Waals surface area contributed by atoms with Gasteiger partial charge in [-0.25, -0.2) is 0 Å². The van der Waals surface area contributed by atoms with Gasteiger partial charge in [0.2, 0.25) is 0 Å². The summed E-state index contributed by atoms with van der Waals surface area (Å²) < 4.78 is 7.37. The highest BCUT2D eigenvalue weighted by Gasteiger charge is 2.26. The van der Waals surface area contributed by atoms with Crippen LogP contribution in [0.3, 0.4) is 0 Å². The van der Waals surface area contributed by atoms with Crippen molar-refractivity contribution in [2.75, 3.05) is 6.61 Å². The first-order valence-electron chi connectivity index (χ1n) is 9.01. The van der Waals surface area contributed by atoms with Crippen LogP contribution >= 0.6 is 0 Å². The lowest BCUT2D eigenvalue weighted by Gasteiger charge is -2.25. The zero-order valence-electron chi connectivity index (χ0n) is 14.3. The highest BCUT2D eigenvalue weighted by atomic mass is 16.5. The minimum absolute atomic E-state index is 0.00615. The molecule has 2 heterocycles. The van der Waals surface area contributed by atoms with Gasteiger partial charge in [-0.2, -0.15) is 5.10 Å². The largest absolute Gasteiger partial charge is 0.501 e. The Bertz CT molecular complexity index is 779. The van der Waals surface area contributed by atoms with Crippen molar-refractivity contribution in [3.05, 3.63) is 65.2 Å². The van der Waals surface area contributed by atoms with E-state index >= 15 is 0 Å². The summed E-state index contributed by atoms with van der Waals surface area (Å²) in [5.41, 5.74) is 4.39. The average molecular weight is 337 g/mol. The molecule has 5 nitrogen and oxygen atoms in total. The van der Waals surface area contributed by atoms with Gasteiger partial charge in [-0.05, 0) is 37.7 Å². The van der Waals surface area contributed by atoms with Gasteiger partial charge in [0.15, 0.2) is 0 Å². The maximum Gasteiger partial charge on any atom is 0.250 e. The van der Waals surface area contributed by atoms with Gasteiger partial charge in [0.1, 0.15) is 0 Å². The van der Waals surface area contributed by atoms with Gasteiger partial charge in [-0.15, -0.1) is 0 Å². The number of carbonyl (C=O) groups excluding carboxylic acids is 1. The summed E-state index contributed by atoms with van der Waals surface area (Å²) in [6.07, 6.45) is 8.27. The van der Waals surface area contributed by atoms with E-state index in [0.717, 1.165) is 49.8 Å². The number of amides is 1. The van der Waals surface area contributed by atoms with E-state index in [2.05, 4.69) is 27.2 Å². The molecule has 1 unspecified atom stereocenters. The number of nitrogens with zero attached hydrogens (tertiary/aromatic N) is 2. The van der Waals surface area contributed by atoms with Crippen LogP contribution in [0.4, 0.5) is 0 Å². The molecule has 0 bridgehead atoms. The smallest absolute Gasteiger partial charge is 0.250 e. The van der Waals surface area contributed by atoms with Gasteiger partial charge in [0, 0.05) is 11.3 Å². The minimum atomic E-state index is -0.00615. The van der Waals surface area contributed by atoms with Crippen LogP contribution in [0.25, 0.3) is 0 Å². The normalized spacial score (nSPS) is 19.5. The Balaban J connectivity index is 1.50. The zero-order chi connectivity index (χ0) is 17.1. The number of hydrogen-bond acceptors (Lipinski definition) is 3. The molecule has 0 saturated carbocycles. The van der Waals surface area contributed by atoms with Crippen LogP contribution in [0.1, 0.15) is 48.5 Å². The SMILES string of the molecule is O=C(NC1CCCc2c1cnn2Cc1ccccc1)C1=COCCC1. The standard InChI is InChI=1S/C20H23N3O2/c24-20(16-8-5-11-25-14-16)22-18-9-4-10-19-17(18)12-21-23(19)13-15-6-2-1-3-7-15/h1-3,6-7,12,14,18H,4-5,8-11,13H2,(H,22,24). The third kappa shape index (κ3) is 3.45. The van der Waals surface area contributed by atoms with Crippen LogP contribution in [0.15, 0.2) is 48.4 Å². The maximum atomic E-state index is 12.5. The van der Waals surface area contributed by atoms with Crippen LogP contribution in [-0.4, -0.2) is 22.3 Å². The predicted octanol–water partition coefficient (Wildman–Crippen LogP) is 3.12. The summed E-state index contributed by atoms with van der Waals surface area (Å²) in [4.78, 5) is 12.5. The first kappa shape index (κ1) is 15.9. The van der Waals surface area contributed by atoms with Crippen molar-refractivity contribution < 1.29 is 9.53 Å². The van der Waals surface area contributed by atoms with Gasteiger partial charge < -0.3 is 10.1 Å². The van der Waals surface area contributed by atoms with Crippen molar-refractivity contribution in [2.45, 2.75) is 44.7 Å². The number of hydrogen-bond donors (Lipinski definition) is 1. The Morgan fingerprint density at radius 3 is 2.92 bits per heavy atom. The van der Waals surface area contributed by atoms with E-state index in [0.29, 0.717) is 6.61 Å². The lowest BCUT2D eigenvalue weighted by atomic mass is 9.92. The Labute approximate surface area is 147 Å². The highest BCUT2D eigenvalue weighted by molar-refractivity contribution is 5.93. The van der Waals surface area contributed by atoms with E-state index < -0.39 is 0 Å². The molecule has 0 radical (unpaired) electrons. The lowest BCUT2D eigenvalue weighted by Crippen LogP contribution is -2.32. The molecular weight excluding hydrogens is 314 g/mol. The van der Waals surface area contributed by atoms with Crippen LogP contribution < -0.4 is 5.32 Å². The highest BCUT2D eigenvalue weighted by Crippen LogP contribution is 2.30. The molecule has 1 aliphatic heterocycles. The summed E-state index contributed by atoms with van der Waals surface area (Å²) in [7, 11) is 0. The topological polar surface area (TPSA) is 56.2 Å². The van der Waals surface area contributed by atoms with E-state index in [-0.39, 0.29) is 11.9 Å². The summed E-state index contributed by atoms with van der Waals surface area (Å²) in [6, 6.07) is 10.4. The Hall–Kier alpha value is -2.56. The van der Waals surface area contributed by atoms with Crippen molar-refractivity contribution in [1.29, 1.82) is 0 Å². The monoisotopic (exact) mass is 337 g/mol. The molecule has 0 spiro atoms. The lowest BCUT2D eigenvalue weighted by molar-refractivity contribution is -0.118. The van der Waals surface area contributed by atoms with Gasteiger partial charge in [-0.1, -0.05) is 30.3 Å². The maximum absolute atomic E-state index is 12.5. The quantitative estimate of drug-likeness (QED) is 0.932. The molecule has 0 fully saturated rings. The molecular formula is C20H23N3O2. The number of carbonyl (C=O) groups is 1. The number of rotatable bonds is 4. The van der Waals surface area contributed by atoms with E-state index in [4.69, 9.17) is 4.74 Å². The molecule has 2 aliphatic rings. The zero-order valence-corrected chi connectivity index (χ0v) is 14.3. The molecule has 2 aromatic rings. The third-order valence-electron chi connectivity index (χ3n) is 4.97. The van der Waals surface area contributed by atoms with Gasteiger partial charge in [0.25, 0.3) is 5.91 Å². The van der Waals surface area contributed by atoms with Crippen LogP contribution in [-0.2, 0) is 22.5 Å². The molecule has 1 aliphatic carbocycles.